The number of hydrogen-bond donors (Lipinski definition) is 1. The lowest BCUT2D eigenvalue weighted by Gasteiger charge is -2.17. The highest BCUT2D eigenvalue weighted by molar-refractivity contribution is 7.89. The quantitative estimate of drug-likeness (QED) is 0.655. The fourth-order valence-corrected chi connectivity index (χ4v) is 5.18. The van der Waals surface area contributed by atoms with E-state index in [0.717, 1.165) is 12.8 Å². The molecule has 2 aromatic rings. The van der Waals surface area contributed by atoms with E-state index in [9.17, 15) is 18.0 Å². The van der Waals surface area contributed by atoms with E-state index < -0.39 is 10.0 Å². The number of benzene rings is 2. The number of ether oxygens (including phenoxy) is 1. The van der Waals surface area contributed by atoms with Crippen LogP contribution in [-0.4, -0.2) is 63.7 Å². The van der Waals surface area contributed by atoms with Crippen molar-refractivity contribution in [2.75, 3.05) is 39.6 Å². The van der Waals surface area contributed by atoms with Gasteiger partial charge < -0.3 is 15.0 Å². The van der Waals surface area contributed by atoms with Crippen molar-refractivity contribution < 1.29 is 22.7 Å². The minimum atomic E-state index is -3.54. The van der Waals surface area contributed by atoms with Gasteiger partial charge >= 0.3 is 0 Å². The Morgan fingerprint density at radius 2 is 1.72 bits per heavy atom. The van der Waals surface area contributed by atoms with Gasteiger partial charge in [0, 0.05) is 44.9 Å². The van der Waals surface area contributed by atoms with Crippen molar-refractivity contribution in [3.63, 3.8) is 0 Å². The minimum absolute atomic E-state index is 0.112. The van der Waals surface area contributed by atoms with Crippen LogP contribution < -0.4 is 10.1 Å². The maximum absolute atomic E-state index is 12.9. The molecule has 0 spiro atoms. The molecule has 1 heterocycles. The summed E-state index contributed by atoms with van der Waals surface area (Å²) in [6, 6.07) is 11.5. The average molecular weight is 460 g/mol. The first-order chi connectivity index (χ1) is 15.2. The highest BCUT2D eigenvalue weighted by Gasteiger charge is 2.27. The van der Waals surface area contributed by atoms with E-state index in [4.69, 9.17) is 4.74 Å². The zero-order chi connectivity index (χ0) is 23.3. The molecule has 0 atom stereocenters. The summed E-state index contributed by atoms with van der Waals surface area (Å²) in [5.41, 5.74) is 1.78. The van der Waals surface area contributed by atoms with Crippen molar-refractivity contribution in [2.24, 2.45) is 0 Å². The third kappa shape index (κ3) is 5.46. The van der Waals surface area contributed by atoms with E-state index in [1.165, 1.54) is 16.3 Å². The SMILES string of the molecule is COc1ccc(S(=O)(=O)N2CCCC2)cc1CCC(=O)Nc1ccc(C(=O)N(C)C)cc1. The maximum atomic E-state index is 12.9. The van der Waals surface area contributed by atoms with E-state index in [0.29, 0.717) is 42.1 Å². The smallest absolute Gasteiger partial charge is 0.253 e. The Kier molecular flexibility index (Phi) is 7.52. The summed E-state index contributed by atoms with van der Waals surface area (Å²) in [6.07, 6.45) is 2.22. The van der Waals surface area contributed by atoms with Crippen LogP contribution in [0, 0.1) is 0 Å². The first kappa shape index (κ1) is 23.7. The van der Waals surface area contributed by atoms with Crippen LogP contribution in [0.1, 0.15) is 35.2 Å². The number of rotatable bonds is 8. The Hall–Kier alpha value is -2.91. The van der Waals surface area contributed by atoms with Crippen LogP contribution in [0.3, 0.4) is 0 Å². The predicted octanol–water partition coefficient (Wildman–Crippen LogP) is 2.75. The lowest BCUT2D eigenvalue weighted by atomic mass is 10.1. The number of hydrogen-bond acceptors (Lipinski definition) is 5. The standard InChI is InChI=1S/C23H29N3O5S/c1-25(2)23(28)17-6-9-19(10-7-17)24-22(27)13-8-18-16-20(11-12-21(18)31-3)32(29,30)26-14-4-5-15-26/h6-7,9-12,16H,4-5,8,13-15H2,1-3H3,(H,24,27). The Bertz CT molecular complexity index is 1080. The van der Waals surface area contributed by atoms with E-state index >= 15 is 0 Å². The number of nitrogens with one attached hydrogen (secondary N) is 1. The molecule has 0 unspecified atom stereocenters. The first-order valence-electron chi connectivity index (χ1n) is 10.5. The molecule has 1 aliphatic rings. The number of nitrogens with zero attached hydrogens (tertiary/aromatic N) is 2. The predicted molar refractivity (Wildman–Crippen MR) is 122 cm³/mol. The topological polar surface area (TPSA) is 96.0 Å². The van der Waals surface area contributed by atoms with Crippen LogP contribution in [0.15, 0.2) is 47.4 Å². The highest BCUT2D eigenvalue weighted by Crippen LogP contribution is 2.27. The Labute approximate surface area is 189 Å². The van der Waals surface area contributed by atoms with Gasteiger partial charge in [-0.25, -0.2) is 8.42 Å². The molecule has 1 fully saturated rings. The zero-order valence-electron chi connectivity index (χ0n) is 18.6. The van der Waals surface area contributed by atoms with Crippen molar-refractivity contribution in [3.05, 3.63) is 53.6 Å². The van der Waals surface area contributed by atoms with Gasteiger partial charge in [0.25, 0.3) is 5.91 Å². The Morgan fingerprint density at radius 1 is 1.06 bits per heavy atom. The molecule has 2 aromatic carbocycles. The minimum Gasteiger partial charge on any atom is -0.496 e. The number of sulfonamides is 1. The lowest BCUT2D eigenvalue weighted by Crippen LogP contribution is -2.28. The molecule has 0 saturated carbocycles. The second kappa shape index (κ2) is 10.1. The third-order valence-electron chi connectivity index (χ3n) is 5.40. The van der Waals surface area contributed by atoms with Gasteiger partial charge in [0.2, 0.25) is 15.9 Å². The van der Waals surface area contributed by atoms with Gasteiger partial charge in [0.05, 0.1) is 12.0 Å². The highest BCUT2D eigenvalue weighted by atomic mass is 32.2. The van der Waals surface area contributed by atoms with E-state index in [-0.39, 0.29) is 23.1 Å². The Balaban J connectivity index is 1.66. The monoisotopic (exact) mass is 459 g/mol. The van der Waals surface area contributed by atoms with Crippen LogP contribution in [0.4, 0.5) is 5.69 Å². The van der Waals surface area contributed by atoms with E-state index in [1.807, 2.05) is 0 Å². The van der Waals surface area contributed by atoms with Crippen molar-refractivity contribution in [3.8, 4) is 5.75 Å². The summed E-state index contributed by atoms with van der Waals surface area (Å²) in [6.45, 7) is 1.07. The molecule has 32 heavy (non-hydrogen) atoms. The van der Waals surface area contributed by atoms with E-state index in [1.54, 1.807) is 56.6 Å². The summed E-state index contributed by atoms with van der Waals surface area (Å²) in [5, 5.41) is 2.80. The lowest BCUT2D eigenvalue weighted by molar-refractivity contribution is -0.116. The number of amides is 2. The van der Waals surface area contributed by atoms with Crippen molar-refractivity contribution in [1.82, 2.24) is 9.21 Å². The van der Waals surface area contributed by atoms with Gasteiger partial charge in [-0.2, -0.15) is 4.31 Å². The van der Waals surface area contributed by atoms with Crippen LogP contribution in [-0.2, 0) is 21.2 Å². The Morgan fingerprint density at radius 3 is 2.31 bits per heavy atom. The van der Waals surface area contributed by atoms with Crippen molar-refractivity contribution >= 4 is 27.5 Å². The van der Waals surface area contributed by atoms with Gasteiger partial charge in [-0.15, -0.1) is 0 Å². The third-order valence-corrected chi connectivity index (χ3v) is 7.29. The molecular formula is C23H29N3O5S. The summed E-state index contributed by atoms with van der Waals surface area (Å²) in [5.74, 6) is 0.218. The van der Waals surface area contributed by atoms with Crippen LogP contribution in [0.25, 0.3) is 0 Å². The zero-order valence-corrected chi connectivity index (χ0v) is 19.4. The van der Waals surface area contributed by atoms with Crippen molar-refractivity contribution in [1.29, 1.82) is 0 Å². The summed E-state index contributed by atoms with van der Waals surface area (Å²) >= 11 is 0. The van der Waals surface area contributed by atoms with Gasteiger partial charge in [-0.05, 0) is 67.3 Å². The molecule has 172 valence electrons. The number of methoxy groups -OCH3 is 1. The molecule has 0 aliphatic carbocycles. The number of aryl methyl sites for hydroxylation is 1. The van der Waals surface area contributed by atoms with Crippen molar-refractivity contribution in [2.45, 2.75) is 30.6 Å². The van der Waals surface area contributed by atoms with Crippen LogP contribution >= 0.6 is 0 Å². The number of carbonyl (C=O) groups is 2. The van der Waals surface area contributed by atoms with Crippen LogP contribution in [0.5, 0.6) is 5.75 Å². The molecule has 9 heteroatoms. The molecule has 1 aliphatic heterocycles. The van der Waals surface area contributed by atoms with Gasteiger partial charge in [0.15, 0.2) is 0 Å². The first-order valence-corrected chi connectivity index (χ1v) is 11.9. The number of anilines is 1. The summed E-state index contributed by atoms with van der Waals surface area (Å²) in [4.78, 5) is 26.1. The van der Waals surface area contributed by atoms with E-state index in [2.05, 4.69) is 5.32 Å². The van der Waals surface area contributed by atoms with Gasteiger partial charge in [0.1, 0.15) is 5.75 Å². The fraction of sp³-hybridized carbons (Fsp3) is 0.391. The van der Waals surface area contributed by atoms with Gasteiger partial charge in [-0.3, -0.25) is 9.59 Å². The van der Waals surface area contributed by atoms with Crippen LogP contribution in [0.2, 0.25) is 0 Å². The molecule has 0 aromatic heterocycles. The number of carbonyl (C=O) groups excluding carboxylic acids is 2. The second-order valence-corrected chi connectivity index (χ2v) is 9.85. The van der Waals surface area contributed by atoms with Gasteiger partial charge in [-0.1, -0.05) is 0 Å². The normalized spacial score (nSPS) is 14.2. The summed E-state index contributed by atoms with van der Waals surface area (Å²) < 4.78 is 32.6. The molecule has 0 bridgehead atoms. The molecule has 8 nitrogen and oxygen atoms in total. The molecule has 1 saturated heterocycles. The second-order valence-electron chi connectivity index (χ2n) is 7.91. The molecule has 2 amide bonds. The summed E-state index contributed by atoms with van der Waals surface area (Å²) in [7, 11) is 1.33. The molecular weight excluding hydrogens is 430 g/mol. The molecule has 1 N–H and O–H groups in total. The molecule has 3 rings (SSSR count). The maximum Gasteiger partial charge on any atom is 0.253 e. The average Bonchev–Trinajstić information content (AvgIpc) is 3.33. The molecule has 0 radical (unpaired) electrons. The largest absolute Gasteiger partial charge is 0.496 e. The fourth-order valence-electron chi connectivity index (χ4n) is 3.61.